The van der Waals surface area contributed by atoms with Crippen molar-refractivity contribution in [2.45, 2.75) is 0 Å². The van der Waals surface area contributed by atoms with Crippen LogP contribution in [0.4, 0.5) is 5.95 Å². The number of hydrogen-bond donors (Lipinski definition) is 1. The predicted octanol–water partition coefficient (Wildman–Crippen LogP) is 3.38. The molecule has 5 heteroatoms. The van der Waals surface area contributed by atoms with E-state index in [0.717, 1.165) is 11.2 Å². The highest BCUT2D eigenvalue weighted by Crippen LogP contribution is 2.14. The third-order valence-electron chi connectivity index (χ3n) is 3.70. The van der Waals surface area contributed by atoms with Crippen LogP contribution in [0, 0.1) is 0 Å². The Kier molecular flexibility index (Phi) is 3.16. The molecule has 1 amide bonds. The summed E-state index contributed by atoms with van der Waals surface area (Å²) in [6.45, 7) is 0. The molecule has 5 nitrogen and oxygen atoms in total. The van der Waals surface area contributed by atoms with E-state index in [9.17, 15) is 4.79 Å². The second-order valence-electron chi connectivity index (χ2n) is 5.17. The maximum atomic E-state index is 12.4. The first-order valence-corrected chi connectivity index (χ1v) is 7.28. The zero-order valence-corrected chi connectivity index (χ0v) is 12.3. The fourth-order valence-corrected chi connectivity index (χ4v) is 2.50. The molecule has 4 rings (SSSR count). The minimum Gasteiger partial charge on any atom is -0.324 e. The largest absolute Gasteiger partial charge is 0.324 e. The van der Waals surface area contributed by atoms with Gasteiger partial charge < -0.3 is 4.57 Å². The summed E-state index contributed by atoms with van der Waals surface area (Å²) in [5.41, 5.74) is 2.54. The van der Waals surface area contributed by atoms with E-state index in [-0.39, 0.29) is 5.91 Å². The van der Waals surface area contributed by atoms with E-state index >= 15 is 0 Å². The van der Waals surface area contributed by atoms with Crippen molar-refractivity contribution in [3.8, 4) is 5.69 Å². The van der Waals surface area contributed by atoms with Gasteiger partial charge in [0.15, 0.2) is 0 Å². The molecule has 0 bridgehead atoms. The molecule has 3 heterocycles. The number of nitrogens with zero attached hydrogens (tertiary/aromatic N) is 3. The number of carbonyl (C=O) groups excluding carboxylic acids is 1. The molecule has 23 heavy (non-hydrogen) atoms. The average Bonchev–Trinajstić information content (AvgIpc) is 3.25. The summed E-state index contributed by atoms with van der Waals surface area (Å²) in [6.07, 6.45) is 7.52. The highest BCUT2D eigenvalue weighted by molar-refractivity contribution is 6.03. The lowest BCUT2D eigenvalue weighted by molar-refractivity contribution is 0.102. The number of aromatic nitrogens is 3. The second kappa shape index (κ2) is 5.46. The van der Waals surface area contributed by atoms with Crippen LogP contribution in [-0.2, 0) is 0 Å². The third kappa shape index (κ3) is 2.48. The van der Waals surface area contributed by atoms with Crippen LogP contribution in [0.2, 0.25) is 0 Å². The second-order valence-corrected chi connectivity index (χ2v) is 5.17. The van der Waals surface area contributed by atoms with Gasteiger partial charge in [-0.15, -0.1) is 0 Å². The number of rotatable bonds is 3. The normalized spacial score (nSPS) is 10.8. The van der Waals surface area contributed by atoms with Crippen LogP contribution in [0.3, 0.4) is 0 Å². The number of nitrogens with one attached hydrogen (secondary N) is 1. The van der Waals surface area contributed by atoms with Gasteiger partial charge >= 0.3 is 0 Å². The predicted molar refractivity (Wildman–Crippen MR) is 88.9 cm³/mol. The molecule has 3 aromatic heterocycles. The Morgan fingerprint density at radius 3 is 2.43 bits per heavy atom. The van der Waals surface area contributed by atoms with Crippen LogP contribution in [0.5, 0.6) is 0 Å². The number of imidazole rings is 1. The summed E-state index contributed by atoms with van der Waals surface area (Å²) in [7, 11) is 0. The molecule has 0 aliphatic rings. The summed E-state index contributed by atoms with van der Waals surface area (Å²) < 4.78 is 3.83. The summed E-state index contributed by atoms with van der Waals surface area (Å²) in [5, 5.41) is 2.84. The van der Waals surface area contributed by atoms with E-state index in [4.69, 9.17) is 0 Å². The standard InChI is InChI=1S/C18H14N4O/c23-17(20-18-19-13-16-5-1-2-12-22(16)18)14-6-8-15(9-7-14)21-10-3-4-11-21/h1-13H,(H,19,20,23). The molecule has 0 fully saturated rings. The summed E-state index contributed by atoms with van der Waals surface area (Å²) in [4.78, 5) is 16.6. The van der Waals surface area contributed by atoms with E-state index in [2.05, 4.69) is 10.3 Å². The highest BCUT2D eigenvalue weighted by atomic mass is 16.1. The van der Waals surface area contributed by atoms with Crippen LogP contribution in [0.15, 0.2) is 79.4 Å². The Morgan fingerprint density at radius 2 is 1.65 bits per heavy atom. The fraction of sp³-hybridized carbons (Fsp3) is 0. The quantitative estimate of drug-likeness (QED) is 0.631. The van der Waals surface area contributed by atoms with Gasteiger partial charge in [0.25, 0.3) is 5.91 Å². The van der Waals surface area contributed by atoms with Gasteiger partial charge in [0.05, 0.1) is 11.7 Å². The zero-order valence-electron chi connectivity index (χ0n) is 12.3. The number of pyridine rings is 1. The van der Waals surface area contributed by atoms with Gasteiger partial charge in [-0.05, 0) is 48.5 Å². The number of amides is 1. The number of carbonyl (C=O) groups is 1. The maximum absolute atomic E-state index is 12.4. The van der Waals surface area contributed by atoms with Crippen LogP contribution >= 0.6 is 0 Å². The van der Waals surface area contributed by atoms with Crippen molar-refractivity contribution in [3.63, 3.8) is 0 Å². The smallest absolute Gasteiger partial charge is 0.257 e. The van der Waals surface area contributed by atoms with Crippen molar-refractivity contribution < 1.29 is 4.79 Å². The van der Waals surface area contributed by atoms with Gasteiger partial charge in [-0.2, -0.15) is 0 Å². The van der Waals surface area contributed by atoms with E-state index in [1.54, 1.807) is 18.3 Å². The molecule has 0 saturated heterocycles. The molecule has 0 unspecified atom stereocenters. The van der Waals surface area contributed by atoms with Crippen molar-refractivity contribution in [1.29, 1.82) is 0 Å². The minimum atomic E-state index is -0.180. The van der Waals surface area contributed by atoms with Gasteiger partial charge in [0, 0.05) is 29.8 Å². The van der Waals surface area contributed by atoms with Gasteiger partial charge in [0.1, 0.15) is 0 Å². The van der Waals surface area contributed by atoms with Gasteiger partial charge in [-0.25, -0.2) is 4.98 Å². The summed E-state index contributed by atoms with van der Waals surface area (Å²) >= 11 is 0. The zero-order chi connectivity index (χ0) is 15.6. The molecular weight excluding hydrogens is 288 g/mol. The Hall–Kier alpha value is -3.34. The highest BCUT2D eigenvalue weighted by Gasteiger charge is 2.10. The first-order valence-electron chi connectivity index (χ1n) is 7.28. The van der Waals surface area contributed by atoms with E-state index < -0.39 is 0 Å². The van der Waals surface area contributed by atoms with Crippen molar-refractivity contribution in [2.24, 2.45) is 0 Å². The number of hydrogen-bond acceptors (Lipinski definition) is 2. The molecule has 0 radical (unpaired) electrons. The number of fused-ring (bicyclic) bond motifs is 1. The monoisotopic (exact) mass is 302 g/mol. The van der Waals surface area contributed by atoms with Crippen LogP contribution in [0.1, 0.15) is 10.4 Å². The van der Waals surface area contributed by atoms with Gasteiger partial charge in [-0.1, -0.05) is 6.07 Å². The first kappa shape index (κ1) is 13.3. The van der Waals surface area contributed by atoms with E-state index in [1.165, 1.54) is 0 Å². The van der Waals surface area contributed by atoms with Crippen LogP contribution < -0.4 is 5.32 Å². The minimum absolute atomic E-state index is 0.180. The molecule has 0 spiro atoms. The molecule has 0 aliphatic heterocycles. The molecule has 4 aromatic rings. The first-order chi connectivity index (χ1) is 11.3. The van der Waals surface area contributed by atoms with Crippen molar-refractivity contribution in [2.75, 3.05) is 5.32 Å². The molecule has 112 valence electrons. The van der Waals surface area contributed by atoms with Gasteiger partial charge in [0.2, 0.25) is 5.95 Å². The van der Waals surface area contributed by atoms with E-state index in [1.807, 2.05) is 70.0 Å². The van der Waals surface area contributed by atoms with Crippen molar-refractivity contribution in [1.82, 2.24) is 14.0 Å². The Bertz CT molecular complexity index is 952. The molecule has 0 aliphatic carbocycles. The average molecular weight is 302 g/mol. The molecule has 0 saturated carbocycles. The summed E-state index contributed by atoms with van der Waals surface area (Å²) in [6, 6.07) is 17.1. The lowest BCUT2D eigenvalue weighted by atomic mass is 10.2. The number of anilines is 1. The van der Waals surface area contributed by atoms with E-state index in [0.29, 0.717) is 11.5 Å². The topological polar surface area (TPSA) is 51.3 Å². The molecule has 1 N–H and O–H groups in total. The third-order valence-corrected chi connectivity index (χ3v) is 3.70. The maximum Gasteiger partial charge on any atom is 0.257 e. The van der Waals surface area contributed by atoms with Gasteiger partial charge in [-0.3, -0.25) is 14.5 Å². The molecule has 0 atom stereocenters. The number of benzene rings is 1. The Morgan fingerprint density at radius 1 is 0.913 bits per heavy atom. The SMILES string of the molecule is O=C(Nc1ncc2ccccn12)c1ccc(-n2cccc2)cc1. The van der Waals surface area contributed by atoms with Crippen LogP contribution in [-0.4, -0.2) is 19.9 Å². The Labute approximate surface area is 132 Å². The van der Waals surface area contributed by atoms with Crippen LogP contribution in [0.25, 0.3) is 11.2 Å². The molecular formula is C18H14N4O. The fourth-order valence-electron chi connectivity index (χ4n) is 2.50. The Balaban J connectivity index is 1.57. The van der Waals surface area contributed by atoms with Crippen molar-refractivity contribution in [3.05, 3.63) is 84.9 Å². The lowest BCUT2D eigenvalue weighted by Crippen LogP contribution is -2.14. The molecule has 1 aromatic carbocycles. The van der Waals surface area contributed by atoms with Crippen molar-refractivity contribution >= 4 is 17.4 Å². The lowest BCUT2D eigenvalue weighted by Gasteiger charge is -2.06. The summed E-state index contributed by atoms with van der Waals surface area (Å²) in [5.74, 6) is 0.334.